The van der Waals surface area contributed by atoms with E-state index < -0.39 is 5.91 Å². The van der Waals surface area contributed by atoms with Crippen LogP contribution in [0.15, 0.2) is 24.4 Å². The van der Waals surface area contributed by atoms with Gasteiger partial charge in [0.15, 0.2) is 0 Å². The summed E-state index contributed by atoms with van der Waals surface area (Å²) in [6.07, 6.45) is 10.7. The fraction of sp³-hybridized carbons (Fsp3) is 0.542. The van der Waals surface area contributed by atoms with Crippen LogP contribution in [0.5, 0.6) is 0 Å². The van der Waals surface area contributed by atoms with Gasteiger partial charge in [0.25, 0.3) is 5.91 Å². The molecular formula is C24H38IN6O3-. The van der Waals surface area contributed by atoms with Crippen LogP contribution in [-0.4, -0.2) is 53.7 Å². The number of carbonyl (C=O) groups is 2. The van der Waals surface area contributed by atoms with E-state index in [0.717, 1.165) is 59.6 Å². The van der Waals surface area contributed by atoms with E-state index in [0.29, 0.717) is 13.0 Å². The van der Waals surface area contributed by atoms with Crippen molar-refractivity contribution in [2.45, 2.75) is 59.3 Å². The Kier molecular flexibility index (Phi) is 12.9. The molecule has 2 aromatic heterocycles. The zero-order valence-electron chi connectivity index (χ0n) is 20.4. The molecular weight excluding hydrogens is 547 g/mol. The van der Waals surface area contributed by atoms with Crippen molar-refractivity contribution in [3.63, 3.8) is 0 Å². The van der Waals surface area contributed by atoms with E-state index in [4.69, 9.17) is 10.2 Å². The summed E-state index contributed by atoms with van der Waals surface area (Å²) in [5.74, 6) is 0.394. The third kappa shape index (κ3) is 9.22. The summed E-state index contributed by atoms with van der Waals surface area (Å²) in [6, 6.07) is 3.77. The van der Waals surface area contributed by atoms with Gasteiger partial charge in [0.05, 0.1) is 0 Å². The van der Waals surface area contributed by atoms with Gasteiger partial charge in [0.1, 0.15) is 0 Å². The number of imidazole rings is 1. The Morgan fingerprint density at radius 1 is 1.21 bits per heavy atom. The van der Waals surface area contributed by atoms with Gasteiger partial charge in [-0.15, -0.1) is 0 Å². The molecule has 34 heavy (non-hydrogen) atoms. The van der Waals surface area contributed by atoms with E-state index in [1.54, 1.807) is 11.6 Å². The molecule has 0 aliphatic rings. The fourth-order valence-electron chi connectivity index (χ4n) is 3.47. The molecule has 2 amide bonds. The van der Waals surface area contributed by atoms with Crippen molar-refractivity contribution >= 4 is 29.4 Å². The monoisotopic (exact) mass is 585 g/mol. The predicted octanol–water partition coefficient (Wildman–Crippen LogP) is 0.197. The Balaban J connectivity index is 2.04. The Hall–Kier alpha value is -2.18. The summed E-state index contributed by atoms with van der Waals surface area (Å²) >= 11 is -0.157. The molecule has 0 bridgehead atoms. The third-order valence-electron chi connectivity index (χ3n) is 5.35. The number of amides is 2. The number of unbranched alkanes of at least 4 members (excludes halogenated alkanes) is 3. The normalized spacial score (nSPS) is 11.6. The maximum absolute atomic E-state index is 12.3. The van der Waals surface area contributed by atoms with E-state index in [1.807, 2.05) is 22.7 Å². The van der Waals surface area contributed by atoms with Crippen LogP contribution in [0.3, 0.4) is 0 Å². The quantitative estimate of drug-likeness (QED) is 0.0328. The Morgan fingerprint density at radius 2 is 2.00 bits per heavy atom. The SMILES string of the molecule is CCCCCCc1nc2cc(/C=C/C(=O)NO)ccn2c1NCCC(=O)NC[I-]N(CC)CC. The molecule has 2 heterocycles. The van der Waals surface area contributed by atoms with E-state index in [2.05, 4.69) is 34.5 Å². The van der Waals surface area contributed by atoms with Gasteiger partial charge in [0.2, 0.25) is 0 Å². The Morgan fingerprint density at radius 3 is 2.71 bits per heavy atom. The van der Waals surface area contributed by atoms with Gasteiger partial charge in [-0.25, -0.2) is 5.48 Å². The first-order chi connectivity index (χ1) is 16.5. The number of hydroxylamine groups is 1. The molecule has 0 fully saturated rings. The molecule has 2 aromatic rings. The van der Waals surface area contributed by atoms with Crippen LogP contribution >= 0.6 is 0 Å². The number of fused-ring (bicyclic) bond motifs is 1. The maximum atomic E-state index is 12.3. The second kappa shape index (κ2) is 15.7. The number of rotatable bonds is 16. The van der Waals surface area contributed by atoms with Gasteiger partial charge in [-0.2, -0.15) is 0 Å². The van der Waals surface area contributed by atoms with Crippen LogP contribution in [0.2, 0.25) is 0 Å². The number of aromatic nitrogens is 2. The van der Waals surface area contributed by atoms with E-state index in [9.17, 15) is 9.59 Å². The minimum atomic E-state index is -0.584. The van der Waals surface area contributed by atoms with Gasteiger partial charge >= 0.3 is 173 Å². The number of halogens is 1. The molecule has 4 N–H and O–H groups in total. The van der Waals surface area contributed by atoms with Crippen molar-refractivity contribution in [1.82, 2.24) is 23.3 Å². The minimum absolute atomic E-state index is 0.0623. The fourth-order valence-corrected chi connectivity index (χ4v) is 5.51. The number of hydrogen-bond donors (Lipinski definition) is 4. The molecule has 0 aliphatic carbocycles. The second-order valence-electron chi connectivity index (χ2n) is 7.84. The van der Waals surface area contributed by atoms with Gasteiger partial charge in [0, 0.05) is 6.08 Å². The van der Waals surface area contributed by atoms with Crippen molar-refractivity contribution < 1.29 is 36.3 Å². The first-order valence-corrected chi connectivity index (χ1v) is 14.5. The Labute approximate surface area is 213 Å². The summed E-state index contributed by atoms with van der Waals surface area (Å²) in [5, 5.41) is 15.1. The molecule has 9 nitrogen and oxygen atoms in total. The van der Waals surface area contributed by atoms with Gasteiger partial charge in [-0.05, 0) is 0 Å². The van der Waals surface area contributed by atoms with Crippen LogP contribution in [0.4, 0.5) is 5.82 Å². The average molecular weight is 586 g/mol. The molecule has 0 radical (unpaired) electrons. The standard InChI is InChI=1S/C24H38IN6O3/c1-4-7-8-9-10-20-24(26-15-13-22(32)27-18-25-30(5-2)6-3)31-16-14-19(17-21(31)28-20)11-12-23(33)29-34/h11-12,14,16-17,26,34H,4-10,13,15,18H2,1-3H3,(H,27,32)(H,29,33)/q-1/b12-11+. The molecule has 0 saturated carbocycles. The number of nitrogens with one attached hydrogen (secondary N) is 3. The summed E-state index contributed by atoms with van der Waals surface area (Å²) < 4.78 is 5.14. The van der Waals surface area contributed by atoms with Gasteiger partial charge < -0.3 is 0 Å². The molecule has 0 aromatic carbocycles. The van der Waals surface area contributed by atoms with Crippen LogP contribution in [0.25, 0.3) is 11.7 Å². The number of carbonyl (C=O) groups excluding carboxylic acids is 2. The van der Waals surface area contributed by atoms with Gasteiger partial charge in [-0.1, -0.05) is 13.3 Å². The molecule has 0 atom stereocenters. The third-order valence-corrected chi connectivity index (χ3v) is 8.40. The molecule has 0 spiro atoms. The van der Waals surface area contributed by atoms with Crippen molar-refractivity contribution in [2.75, 3.05) is 29.5 Å². The number of alkyl halides is 1. The number of anilines is 1. The number of hydrogen-bond acceptors (Lipinski definition) is 6. The first kappa shape index (κ1) is 28.1. The molecule has 0 aliphatic heterocycles. The average Bonchev–Trinajstić information content (AvgIpc) is 3.19. The van der Waals surface area contributed by atoms with Crippen molar-refractivity contribution in [3.05, 3.63) is 35.7 Å². The molecule has 10 heteroatoms. The van der Waals surface area contributed by atoms with Crippen molar-refractivity contribution in [2.24, 2.45) is 0 Å². The van der Waals surface area contributed by atoms with E-state index in [1.165, 1.54) is 18.9 Å². The topological polar surface area (TPSA) is 111 Å². The summed E-state index contributed by atoms with van der Waals surface area (Å²) in [5.41, 5.74) is 4.15. The zero-order valence-corrected chi connectivity index (χ0v) is 22.6. The summed E-state index contributed by atoms with van der Waals surface area (Å²) in [7, 11) is 0. The number of aryl methyl sites for hydroxylation is 1. The van der Waals surface area contributed by atoms with Crippen molar-refractivity contribution in [3.8, 4) is 0 Å². The van der Waals surface area contributed by atoms with E-state index in [-0.39, 0.29) is 27.4 Å². The molecule has 2 rings (SSSR count). The van der Waals surface area contributed by atoms with Gasteiger partial charge in [-0.3, -0.25) is 10.0 Å². The van der Waals surface area contributed by atoms with Crippen LogP contribution in [-0.2, 0) is 16.0 Å². The molecule has 0 saturated heterocycles. The first-order valence-electron chi connectivity index (χ1n) is 12.0. The number of nitrogens with zero attached hydrogens (tertiary/aromatic N) is 3. The molecule has 0 unspecified atom stereocenters. The van der Waals surface area contributed by atoms with Crippen LogP contribution in [0.1, 0.15) is 64.1 Å². The summed E-state index contributed by atoms with van der Waals surface area (Å²) in [6.45, 7) is 9.08. The van der Waals surface area contributed by atoms with Crippen LogP contribution in [0, 0.1) is 0 Å². The predicted molar refractivity (Wildman–Crippen MR) is 131 cm³/mol. The second-order valence-corrected chi connectivity index (χ2v) is 10.6. The van der Waals surface area contributed by atoms with Crippen molar-refractivity contribution in [1.29, 1.82) is 0 Å². The van der Waals surface area contributed by atoms with E-state index >= 15 is 0 Å². The zero-order chi connectivity index (χ0) is 24.8. The molecule has 190 valence electrons. The number of pyridine rings is 1. The Bertz CT molecular complexity index is 942. The van der Waals surface area contributed by atoms with Crippen LogP contribution < -0.4 is 37.6 Å². The summed E-state index contributed by atoms with van der Waals surface area (Å²) in [4.78, 5) is 28.4.